The predicted octanol–water partition coefficient (Wildman–Crippen LogP) is 32.2. The van der Waals surface area contributed by atoms with E-state index in [0.29, 0.717) is 28.0 Å². The number of rotatable bonds is 7. The van der Waals surface area contributed by atoms with Crippen LogP contribution in [0.3, 0.4) is 0 Å². The van der Waals surface area contributed by atoms with E-state index in [9.17, 15) is 38.4 Å². The number of carboxylic acid groups (broad SMARTS) is 2. The SMILES string of the molecule is C.C.C.CBr.CC.CC.CC.CC.CC.CC.CC.CC.CC.CC.CC.CC.O=C(O)Cc1cc[c-]cc1.O=C(O)c1ccccc1CCc1cc[c-]cc1.O=C1O/C(=C\c2cc[c-]cc2)c2ccccc21.O=C1OC(=O)c2ccccc21.O=C1c2c[c-]ccc2CCc2ccccc21.O=C1c2c[c-]ccc2CCc2ccccc21.O=c1c2c[c-]ccc2ccc2ccccc12.[W].[W].[W].[W].[W].[W]. The minimum Gasteiger partial charge on any atom is -0.481 e. The van der Waals surface area contributed by atoms with Gasteiger partial charge in [-0.05, 0) is 96.8 Å². The molecule has 0 bridgehead atoms. The van der Waals surface area contributed by atoms with Gasteiger partial charge in [-0.25, -0.2) is 19.2 Å². The summed E-state index contributed by atoms with van der Waals surface area (Å²) in [5.41, 5.74) is 14.5. The molecule has 13 aromatic carbocycles. The average molecular weight is 2960 g/mol. The van der Waals surface area contributed by atoms with E-state index in [1.165, 1.54) is 5.56 Å². The van der Waals surface area contributed by atoms with E-state index in [-0.39, 0.29) is 178 Å². The third-order valence-corrected chi connectivity index (χ3v) is 17.1. The van der Waals surface area contributed by atoms with Gasteiger partial charge in [-0.2, -0.15) is 169 Å². The summed E-state index contributed by atoms with van der Waals surface area (Å²) >= 11 is 2.94. The van der Waals surface area contributed by atoms with Crippen molar-refractivity contribution in [1.82, 2.24) is 0 Å². The fourth-order valence-electron chi connectivity index (χ4n) is 11.9. The molecule has 12 nitrogen and oxygen atoms in total. The number of hydrogen-bond acceptors (Lipinski definition) is 10. The number of ketones is 2. The minimum absolute atomic E-state index is 0. The number of carbonyl (C=O) groups excluding carboxylic acids is 5. The number of halogens is 1. The zero-order chi connectivity index (χ0) is 97.9. The van der Waals surface area contributed by atoms with Gasteiger partial charge in [0.05, 0.1) is 22.3 Å². The molecule has 4 aliphatic rings. The van der Waals surface area contributed by atoms with Gasteiger partial charge in [-0.15, -0.1) is 27.6 Å². The molecule has 0 aromatic heterocycles. The Labute approximate surface area is 926 Å². The van der Waals surface area contributed by atoms with E-state index in [1.54, 1.807) is 84.9 Å². The van der Waals surface area contributed by atoms with Crippen LogP contribution in [0.25, 0.3) is 33.4 Å². The zero-order valence-corrected chi connectivity index (χ0v) is 103. The quantitative estimate of drug-likeness (QED) is 0.0664. The van der Waals surface area contributed by atoms with Gasteiger partial charge >= 0.3 is 29.8 Å². The first-order chi connectivity index (χ1) is 63.3. The zero-order valence-electron chi connectivity index (χ0n) is 83.5. The molecule has 138 heavy (non-hydrogen) atoms. The fraction of sp³-hybridized carbons (Fsp3) is 0.294. The fourth-order valence-corrected chi connectivity index (χ4v) is 11.9. The Hall–Kier alpha value is -8.71. The molecule has 748 valence electrons. The molecule has 17 rings (SSSR count). The van der Waals surface area contributed by atoms with E-state index in [1.807, 2.05) is 378 Å². The topological polar surface area (TPSA) is 195 Å². The molecule has 0 saturated heterocycles. The molecule has 19 heteroatoms. The van der Waals surface area contributed by atoms with Crippen molar-refractivity contribution in [1.29, 1.82) is 0 Å². The Morgan fingerprint density at radius 2 is 0.623 bits per heavy atom. The number of esters is 3. The van der Waals surface area contributed by atoms with Gasteiger partial charge in [0.2, 0.25) is 0 Å². The molecular formula is C119H151BrO12W6-6. The molecule has 2 N–H and O–H groups in total. The first kappa shape index (κ1) is 155. The molecule has 2 heterocycles. The summed E-state index contributed by atoms with van der Waals surface area (Å²) < 4.78 is 9.60. The second-order valence-electron chi connectivity index (χ2n) is 23.8. The number of hydrogen-bond donors (Lipinski definition) is 2. The van der Waals surface area contributed by atoms with Gasteiger partial charge in [0.1, 0.15) is 22.8 Å². The average Bonchev–Trinajstić information content (AvgIpc) is 1.91. The van der Waals surface area contributed by atoms with Gasteiger partial charge in [0, 0.05) is 155 Å². The van der Waals surface area contributed by atoms with Crippen molar-refractivity contribution in [2.24, 2.45) is 0 Å². The smallest absolute Gasteiger partial charge is 0.346 e. The number of fused-ring (bicyclic) bond motifs is 8. The van der Waals surface area contributed by atoms with Crippen LogP contribution in [0.4, 0.5) is 0 Å². The molecule has 0 fully saturated rings. The third kappa shape index (κ3) is 53.8. The van der Waals surface area contributed by atoms with Gasteiger partial charge < -0.3 is 34.1 Å². The Morgan fingerprint density at radius 3 is 1.04 bits per heavy atom. The van der Waals surface area contributed by atoms with E-state index in [2.05, 4.69) is 57.1 Å². The Kier molecular flexibility index (Phi) is 112. The van der Waals surface area contributed by atoms with Gasteiger partial charge in [0.15, 0.2) is 0 Å². The van der Waals surface area contributed by atoms with Crippen LogP contribution in [0.5, 0.6) is 0 Å². The maximum Gasteiger partial charge on any atom is 0.346 e. The van der Waals surface area contributed by atoms with Crippen molar-refractivity contribution in [2.75, 3.05) is 5.83 Å². The molecule has 2 aliphatic heterocycles. The van der Waals surface area contributed by atoms with Crippen molar-refractivity contribution in [3.05, 3.63) is 426 Å². The molecular weight excluding hydrogens is 2800 g/mol. The van der Waals surface area contributed by atoms with Crippen LogP contribution in [-0.2, 0) is 186 Å². The van der Waals surface area contributed by atoms with Crippen molar-refractivity contribution < 1.29 is 180 Å². The maximum atomic E-state index is 12.3. The normalized spacial score (nSPS) is 10.0. The standard InChI is InChI=1S/C15H9O2.C15H13O2.2C15H11O.C15H9O.C8H4O3.C8H7O2.12C2H6.CH3Br.3CH4.6W/c16-15-13-9-5-4-8-12(13)14(17-15)10-11-6-2-1-3-7-11;16-15(17)14-9-5-4-8-13(14)11-10-12-6-2-1-3-7-12;3*16-15-13-7-3-1-5-11(13)9-10-12-6-2-4-8-14(12)15;9-7-5-3-1-2-4-6(5)8(10)11-7;9-8(10)6-7-4-2-1-3-5-7;13*1-2;;;;;;;;;/h2-10H;2-9H,10-11H2,(H,16,17);2*1-3,5-8H,9-10H2;1-3,5-10H;1-4H;2-5H,6H2,(H,9,10);12*1-2H3;1H3;3*1H4;;;;;;/q5*-1;;-1;;;;;;;;;;;;;;;;;;;;;;/b14-10-;;;;;;;;;;;;;;;;;;;;;;;;;;;;. The Bertz CT molecular complexity index is 5090. The summed E-state index contributed by atoms with van der Waals surface area (Å²) in [5, 5.41) is 20.8. The molecule has 13 aromatic rings. The first-order valence-corrected chi connectivity index (χ1v) is 47.1. The number of ether oxygens (including phenoxy) is 2. The van der Waals surface area contributed by atoms with Crippen molar-refractivity contribution in [3.63, 3.8) is 0 Å². The number of aliphatic carboxylic acids is 1. The van der Waals surface area contributed by atoms with Gasteiger partial charge in [-0.1, -0.05) is 354 Å². The van der Waals surface area contributed by atoms with Crippen LogP contribution in [-0.4, -0.2) is 57.5 Å². The summed E-state index contributed by atoms with van der Waals surface area (Å²) in [6.07, 6.45) is 7.30. The summed E-state index contributed by atoms with van der Waals surface area (Å²) in [4.78, 5) is 91.3. The van der Waals surface area contributed by atoms with Crippen LogP contribution in [0.1, 0.15) is 312 Å². The van der Waals surface area contributed by atoms with E-state index < -0.39 is 23.9 Å². The van der Waals surface area contributed by atoms with Crippen LogP contribution in [0, 0.1) is 36.4 Å². The number of carbonyl (C=O) groups is 7. The largest absolute Gasteiger partial charge is 0.481 e. The number of alkyl halides is 1. The second kappa shape index (κ2) is 99.8. The van der Waals surface area contributed by atoms with Crippen molar-refractivity contribution in [2.45, 2.75) is 233 Å². The number of cyclic esters (lactones) is 3. The van der Waals surface area contributed by atoms with Crippen LogP contribution in [0.2, 0.25) is 0 Å². The Morgan fingerprint density at radius 1 is 0.312 bits per heavy atom. The van der Waals surface area contributed by atoms with Crippen molar-refractivity contribution >= 4 is 90.7 Å². The van der Waals surface area contributed by atoms with Gasteiger partial charge in [-0.3, -0.25) is 4.79 Å². The van der Waals surface area contributed by atoms with Crippen molar-refractivity contribution in [3.8, 4) is 0 Å². The first-order valence-electron chi connectivity index (χ1n) is 45.5. The van der Waals surface area contributed by atoms with Gasteiger partial charge in [0.25, 0.3) is 0 Å². The van der Waals surface area contributed by atoms with E-state index in [0.717, 1.165) is 127 Å². The second-order valence-corrected chi connectivity index (χ2v) is 23.8. The van der Waals surface area contributed by atoms with E-state index >= 15 is 0 Å². The molecule has 0 unspecified atom stereocenters. The van der Waals surface area contributed by atoms with E-state index in [4.69, 9.17) is 14.9 Å². The Balaban J connectivity index is -0.000000128. The maximum absolute atomic E-state index is 12.3. The van der Waals surface area contributed by atoms with Crippen LogP contribution >= 0.6 is 15.9 Å². The molecule has 0 atom stereocenters. The monoisotopic (exact) mass is 2950 g/mol. The van der Waals surface area contributed by atoms with Crippen LogP contribution in [0.15, 0.2) is 290 Å². The number of benzene rings is 12. The summed E-state index contributed by atoms with van der Waals surface area (Å²) in [7, 11) is 0. The number of aryl methyl sites for hydroxylation is 6. The molecule has 0 radical (unpaired) electrons. The number of aromatic carboxylic acids is 1. The summed E-state index contributed by atoms with van der Waals surface area (Å²) in [6, 6.07) is 105. The molecule has 0 amide bonds. The van der Waals surface area contributed by atoms with Crippen LogP contribution < -0.4 is 5.43 Å². The molecule has 0 saturated carbocycles. The molecule has 0 spiro atoms. The summed E-state index contributed by atoms with van der Waals surface area (Å²) in [6.45, 7) is 48.0. The minimum atomic E-state index is -0.859. The molecule has 2 aliphatic carbocycles. The number of carboxylic acids is 2. The third-order valence-electron chi connectivity index (χ3n) is 17.1. The summed E-state index contributed by atoms with van der Waals surface area (Å²) in [5.74, 6) is -0.345. The predicted molar refractivity (Wildman–Crippen MR) is 567 cm³/mol.